The molecule has 0 radical (unpaired) electrons. The van der Waals surface area contributed by atoms with E-state index in [0.717, 1.165) is 5.56 Å². The zero-order valence-electron chi connectivity index (χ0n) is 10.6. The number of hydrogen-bond donors (Lipinski definition) is 1. The normalized spacial score (nSPS) is 14.4. The van der Waals surface area contributed by atoms with Gasteiger partial charge in [-0.15, -0.1) is 0 Å². The summed E-state index contributed by atoms with van der Waals surface area (Å²) in [7, 11) is -2.93. The quantitative estimate of drug-likeness (QED) is 0.829. The van der Waals surface area contributed by atoms with E-state index in [4.69, 9.17) is 21.1 Å². The maximum Gasteiger partial charge on any atom is 0.179 e. The summed E-state index contributed by atoms with van der Waals surface area (Å²) in [6.07, 6.45) is 1.22. The summed E-state index contributed by atoms with van der Waals surface area (Å²) in [5.74, 6) is 1.33. The second-order valence-corrected chi connectivity index (χ2v) is 7.08. The van der Waals surface area contributed by atoms with E-state index in [1.54, 1.807) is 6.07 Å². The van der Waals surface area contributed by atoms with Crippen molar-refractivity contribution in [2.24, 2.45) is 0 Å². The van der Waals surface area contributed by atoms with Crippen LogP contribution in [-0.2, 0) is 16.4 Å². The highest BCUT2D eigenvalue weighted by atomic mass is 35.5. The summed E-state index contributed by atoms with van der Waals surface area (Å²) in [4.78, 5) is 0. The molecule has 1 aromatic rings. The number of fused-ring (bicyclic) bond motifs is 1. The fraction of sp³-hybridized carbons (Fsp3) is 0.500. The Kier molecular flexibility index (Phi) is 4.54. The number of ether oxygens (including phenoxy) is 2. The Hall–Kier alpha value is -0.980. The molecule has 1 aliphatic heterocycles. The smallest absolute Gasteiger partial charge is 0.179 e. The van der Waals surface area contributed by atoms with Gasteiger partial charge in [0.15, 0.2) is 11.5 Å². The van der Waals surface area contributed by atoms with Crippen LogP contribution in [0, 0.1) is 0 Å². The van der Waals surface area contributed by atoms with Crippen LogP contribution in [0.5, 0.6) is 11.5 Å². The van der Waals surface area contributed by atoms with Crippen LogP contribution in [-0.4, -0.2) is 40.2 Å². The van der Waals surface area contributed by atoms with E-state index in [-0.39, 0.29) is 5.75 Å². The Balaban J connectivity index is 1.96. The summed E-state index contributed by atoms with van der Waals surface area (Å²) in [6.45, 7) is 1.95. The molecule has 1 heterocycles. The third kappa shape index (κ3) is 4.26. The zero-order chi connectivity index (χ0) is 13.9. The maximum absolute atomic E-state index is 11.0. The van der Waals surface area contributed by atoms with Crippen molar-refractivity contribution in [3.63, 3.8) is 0 Å². The van der Waals surface area contributed by atoms with Gasteiger partial charge in [-0.1, -0.05) is 11.6 Å². The standard InChI is InChI=1S/C12H16ClNO4S/c1-19(15,16)5-2-14-8-9-6-10(13)12-11(7-9)17-3-4-18-12/h6-7,14H,2-5,8H2,1H3. The lowest BCUT2D eigenvalue weighted by Gasteiger charge is -2.20. The number of halogens is 1. The molecule has 0 saturated heterocycles. The molecule has 0 amide bonds. The van der Waals surface area contributed by atoms with Gasteiger partial charge in [0.05, 0.1) is 10.8 Å². The van der Waals surface area contributed by atoms with Crippen molar-refractivity contribution in [1.29, 1.82) is 0 Å². The third-order valence-electron chi connectivity index (χ3n) is 2.64. The molecule has 0 aromatic heterocycles. The molecule has 7 heteroatoms. The van der Waals surface area contributed by atoms with Crippen molar-refractivity contribution < 1.29 is 17.9 Å². The first-order valence-corrected chi connectivity index (χ1v) is 8.36. The largest absolute Gasteiger partial charge is 0.486 e. The van der Waals surface area contributed by atoms with Gasteiger partial charge < -0.3 is 14.8 Å². The molecule has 1 aliphatic rings. The SMILES string of the molecule is CS(=O)(=O)CCNCc1cc(Cl)c2c(c1)OCCO2. The fourth-order valence-corrected chi connectivity index (χ4v) is 2.56. The van der Waals surface area contributed by atoms with Gasteiger partial charge in [-0.25, -0.2) is 8.42 Å². The van der Waals surface area contributed by atoms with Gasteiger partial charge in [0, 0.05) is 19.3 Å². The lowest BCUT2D eigenvalue weighted by Crippen LogP contribution is -2.22. The van der Waals surface area contributed by atoms with E-state index in [9.17, 15) is 8.42 Å². The minimum absolute atomic E-state index is 0.116. The highest BCUT2D eigenvalue weighted by Gasteiger charge is 2.16. The minimum Gasteiger partial charge on any atom is -0.486 e. The monoisotopic (exact) mass is 305 g/mol. The van der Waals surface area contributed by atoms with E-state index in [2.05, 4.69) is 5.32 Å². The van der Waals surface area contributed by atoms with Crippen molar-refractivity contribution in [2.45, 2.75) is 6.54 Å². The lowest BCUT2D eigenvalue weighted by molar-refractivity contribution is 0.171. The van der Waals surface area contributed by atoms with Crippen LogP contribution >= 0.6 is 11.6 Å². The Labute approximate surface area is 117 Å². The van der Waals surface area contributed by atoms with Gasteiger partial charge in [0.25, 0.3) is 0 Å². The molecular formula is C12H16ClNO4S. The topological polar surface area (TPSA) is 64.6 Å². The molecule has 0 aliphatic carbocycles. The molecule has 106 valence electrons. The van der Waals surface area contributed by atoms with Crippen LogP contribution in [0.1, 0.15) is 5.56 Å². The van der Waals surface area contributed by atoms with Crippen molar-refractivity contribution in [3.8, 4) is 11.5 Å². The summed E-state index contributed by atoms with van der Waals surface area (Å²) in [5, 5.41) is 3.57. The van der Waals surface area contributed by atoms with Gasteiger partial charge in [-0.05, 0) is 17.7 Å². The third-order valence-corrected chi connectivity index (χ3v) is 3.86. The summed E-state index contributed by atoms with van der Waals surface area (Å²) in [5.41, 5.74) is 0.933. The molecule has 19 heavy (non-hydrogen) atoms. The van der Waals surface area contributed by atoms with E-state index < -0.39 is 9.84 Å². The van der Waals surface area contributed by atoms with Crippen LogP contribution in [0.25, 0.3) is 0 Å². The number of sulfone groups is 1. The molecule has 0 fully saturated rings. The van der Waals surface area contributed by atoms with Crippen molar-refractivity contribution in [2.75, 3.05) is 31.8 Å². The van der Waals surface area contributed by atoms with Gasteiger partial charge in [-0.3, -0.25) is 0 Å². The van der Waals surface area contributed by atoms with Crippen molar-refractivity contribution in [1.82, 2.24) is 5.32 Å². The Bertz CT molecular complexity index is 559. The molecule has 2 rings (SSSR count). The zero-order valence-corrected chi connectivity index (χ0v) is 12.2. The Morgan fingerprint density at radius 2 is 2.05 bits per heavy atom. The minimum atomic E-state index is -2.93. The number of benzene rings is 1. The van der Waals surface area contributed by atoms with E-state index in [0.29, 0.717) is 42.8 Å². The van der Waals surface area contributed by atoms with Crippen LogP contribution in [0.15, 0.2) is 12.1 Å². The van der Waals surface area contributed by atoms with Gasteiger partial charge in [-0.2, -0.15) is 0 Å². The van der Waals surface area contributed by atoms with Crippen molar-refractivity contribution in [3.05, 3.63) is 22.7 Å². The molecule has 0 unspecified atom stereocenters. The summed E-state index contributed by atoms with van der Waals surface area (Å²) < 4.78 is 32.9. The molecule has 5 nitrogen and oxygen atoms in total. The molecule has 0 bridgehead atoms. The number of hydrogen-bond acceptors (Lipinski definition) is 5. The molecule has 1 N–H and O–H groups in total. The summed E-state index contributed by atoms with van der Waals surface area (Å²) in [6, 6.07) is 3.65. The van der Waals surface area contributed by atoms with Gasteiger partial charge in [0.2, 0.25) is 0 Å². The highest BCUT2D eigenvalue weighted by molar-refractivity contribution is 7.90. The average molecular weight is 306 g/mol. The predicted octanol–water partition coefficient (Wildman–Crippen LogP) is 1.25. The predicted molar refractivity (Wildman–Crippen MR) is 73.9 cm³/mol. The van der Waals surface area contributed by atoms with E-state index in [1.807, 2.05) is 6.07 Å². The molecule has 0 saturated carbocycles. The van der Waals surface area contributed by atoms with Crippen LogP contribution in [0.2, 0.25) is 5.02 Å². The van der Waals surface area contributed by atoms with E-state index >= 15 is 0 Å². The highest BCUT2D eigenvalue weighted by Crippen LogP contribution is 2.38. The Morgan fingerprint density at radius 3 is 2.79 bits per heavy atom. The number of rotatable bonds is 5. The Morgan fingerprint density at radius 1 is 1.32 bits per heavy atom. The molecule has 1 aromatic carbocycles. The average Bonchev–Trinajstić information content (AvgIpc) is 2.34. The van der Waals surface area contributed by atoms with Crippen LogP contribution < -0.4 is 14.8 Å². The van der Waals surface area contributed by atoms with Gasteiger partial charge >= 0.3 is 0 Å². The first-order valence-electron chi connectivity index (χ1n) is 5.92. The fourth-order valence-electron chi connectivity index (χ4n) is 1.76. The second-order valence-electron chi connectivity index (χ2n) is 4.41. The number of nitrogens with one attached hydrogen (secondary N) is 1. The van der Waals surface area contributed by atoms with Gasteiger partial charge in [0.1, 0.15) is 23.1 Å². The first kappa shape index (κ1) is 14.4. The maximum atomic E-state index is 11.0. The van der Waals surface area contributed by atoms with Crippen LogP contribution in [0.4, 0.5) is 0 Å². The van der Waals surface area contributed by atoms with Crippen LogP contribution in [0.3, 0.4) is 0 Å². The first-order chi connectivity index (χ1) is 8.96. The molecule has 0 spiro atoms. The lowest BCUT2D eigenvalue weighted by atomic mass is 10.2. The summed E-state index contributed by atoms with van der Waals surface area (Å²) >= 11 is 6.10. The molecule has 0 atom stereocenters. The van der Waals surface area contributed by atoms with Crippen molar-refractivity contribution >= 4 is 21.4 Å². The molecular weight excluding hydrogens is 290 g/mol. The van der Waals surface area contributed by atoms with E-state index in [1.165, 1.54) is 6.26 Å². The second kappa shape index (κ2) is 5.98.